The molecule has 1 aromatic rings. The summed E-state index contributed by atoms with van der Waals surface area (Å²) in [6.45, 7) is 2.78. The quantitative estimate of drug-likeness (QED) is 0.617. The van der Waals surface area contributed by atoms with Crippen molar-refractivity contribution >= 4 is 17.8 Å². The average Bonchev–Trinajstić information content (AvgIpc) is 2.01. The van der Waals surface area contributed by atoms with Crippen LogP contribution >= 0.6 is 0 Å². The Morgan fingerprint density at radius 2 is 1.67 bits per heavy atom. The van der Waals surface area contributed by atoms with Crippen LogP contribution in [0.3, 0.4) is 0 Å². The van der Waals surface area contributed by atoms with Gasteiger partial charge in [-0.2, -0.15) is 15.0 Å². The van der Waals surface area contributed by atoms with Crippen molar-refractivity contribution in [3.63, 3.8) is 0 Å². The van der Waals surface area contributed by atoms with E-state index in [0.29, 0.717) is 5.95 Å². The highest BCUT2D eigenvalue weighted by Gasteiger charge is 2.04. The Balaban J connectivity index is 3.00. The van der Waals surface area contributed by atoms with Crippen molar-refractivity contribution in [3.8, 4) is 0 Å². The molecule has 12 heavy (non-hydrogen) atoms. The van der Waals surface area contributed by atoms with E-state index in [4.69, 9.17) is 11.5 Å². The van der Waals surface area contributed by atoms with Crippen LogP contribution in [0.25, 0.3) is 0 Å². The molecule has 0 saturated heterocycles. The fourth-order valence-electron chi connectivity index (χ4n) is 0.709. The standard InChI is InChI=1S/C6H12N6/c1-3-12(2)6-10-4(7)9-5(8)11-6/h3H2,1-2H3,(H4,7,8,9,10,11). The molecule has 1 rings (SSSR count). The largest absolute Gasteiger partial charge is 0.368 e. The summed E-state index contributed by atoms with van der Waals surface area (Å²) in [5.74, 6) is 0.804. The number of nitrogen functional groups attached to an aromatic ring is 2. The minimum atomic E-state index is 0.151. The molecule has 0 spiro atoms. The molecule has 0 unspecified atom stereocenters. The molecule has 0 radical (unpaired) electrons. The second kappa shape index (κ2) is 3.21. The lowest BCUT2D eigenvalue weighted by Gasteiger charge is -2.13. The predicted molar refractivity (Wildman–Crippen MR) is 47.6 cm³/mol. The zero-order chi connectivity index (χ0) is 9.14. The van der Waals surface area contributed by atoms with Crippen LogP contribution in [-0.4, -0.2) is 28.5 Å². The number of nitrogens with zero attached hydrogens (tertiary/aromatic N) is 4. The zero-order valence-electron chi connectivity index (χ0n) is 7.15. The Morgan fingerprint density at radius 3 is 2.08 bits per heavy atom. The topological polar surface area (TPSA) is 94.0 Å². The van der Waals surface area contributed by atoms with Gasteiger partial charge in [-0.1, -0.05) is 0 Å². The first-order valence-corrected chi connectivity index (χ1v) is 3.61. The predicted octanol–water partition coefficient (Wildman–Crippen LogP) is -0.508. The molecule has 0 bridgehead atoms. The minimum Gasteiger partial charge on any atom is -0.368 e. The fraction of sp³-hybridized carbons (Fsp3) is 0.500. The molecule has 6 heteroatoms. The van der Waals surface area contributed by atoms with Gasteiger partial charge in [0, 0.05) is 13.6 Å². The summed E-state index contributed by atoms with van der Waals surface area (Å²) in [7, 11) is 1.86. The van der Waals surface area contributed by atoms with Gasteiger partial charge < -0.3 is 16.4 Å². The number of anilines is 3. The lowest BCUT2D eigenvalue weighted by atomic mass is 10.6. The third-order valence-electron chi connectivity index (χ3n) is 1.47. The summed E-state index contributed by atoms with van der Waals surface area (Å²) in [4.78, 5) is 13.3. The van der Waals surface area contributed by atoms with Crippen LogP contribution < -0.4 is 16.4 Å². The van der Waals surface area contributed by atoms with Crippen molar-refractivity contribution in [2.45, 2.75) is 6.92 Å². The third-order valence-corrected chi connectivity index (χ3v) is 1.47. The highest BCUT2D eigenvalue weighted by Crippen LogP contribution is 2.06. The minimum absolute atomic E-state index is 0.151. The highest BCUT2D eigenvalue weighted by atomic mass is 15.3. The SMILES string of the molecule is CCN(C)c1nc(N)nc(N)n1. The first-order valence-electron chi connectivity index (χ1n) is 3.61. The molecule has 0 fully saturated rings. The van der Waals surface area contributed by atoms with E-state index in [1.807, 2.05) is 18.9 Å². The molecule has 66 valence electrons. The smallest absolute Gasteiger partial charge is 0.231 e. The van der Waals surface area contributed by atoms with Crippen LogP contribution in [0.4, 0.5) is 17.8 Å². The lowest BCUT2D eigenvalue weighted by molar-refractivity contribution is 0.892. The van der Waals surface area contributed by atoms with E-state index in [9.17, 15) is 0 Å². The Kier molecular flexibility index (Phi) is 2.27. The molecule has 1 heterocycles. The van der Waals surface area contributed by atoms with Gasteiger partial charge in [-0.25, -0.2) is 0 Å². The molecule has 0 atom stereocenters. The monoisotopic (exact) mass is 168 g/mol. The van der Waals surface area contributed by atoms with Crippen molar-refractivity contribution < 1.29 is 0 Å². The number of aromatic nitrogens is 3. The molecular formula is C6H12N6. The van der Waals surface area contributed by atoms with Crippen molar-refractivity contribution in [1.82, 2.24) is 15.0 Å². The van der Waals surface area contributed by atoms with Crippen molar-refractivity contribution in [1.29, 1.82) is 0 Å². The van der Waals surface area contributed by atoms with E-state index in [0.717, 1.165) is 6.54 Å². The molecule has 1 aromatic heterocycles. The van der Waals surface area contributed by atoms with E-state index in [-0.39, 0.29) is 11.9 Å². The van der Waals surface area contributed by atoms with E-state index in [1.54, 1.807) is 0 Å². The van der Waals surface area contributed by atoms with Gasteiger partial charge >= 0.3 is 0 Å². The van der Waals surface area contributed by atoms with Crippen LogP contribution in [0, 0.1) is 0 Å². The first kappa shape index (κ1) is 8.51. The number of nitrogens with two attached hydrogens (primary N) is 2. The van der Waals surface area contributed by atoms with Gasteiger partial charge in [0.15, 0.2) is 0 Å². The molecule has 4 N–H and O–H groups in total. The second-order valence-electron chi connectivity index (χ2n) is 2.37. The zero-order valence-corrected chi connectivity index (χ0v) is 7.15. The van der Waals surface area contributed by atoms with E-state index in [2.05, 4.69) is 15.0 Å². The van der Waals surface area contributed by atoms with Crippen LogP contribution in [0.2, 0.25) is 0 Å². The summed E-state index contributed by atoms with van der Waals surface area (Å²) >= 11 is 0. The Morgan fingerprint density at radius 1 is 1.17 bits per heavy atom. The molecule has 0 aliphatic heterocycles. The van der Waals surface area contributed by atoms with Crippen molar-refractivity contribution in [2.24, 2.45) is 0 Å². The average molecular weight is 168 g/mol. The fourth-order valence-corrected chi connectivity index (χ4v) is 0.709. The highest BCUT2D eigenvalue weighted by molar-refractivity contribution is 5.38. The second-order valence-corrected chi connectivity index (χ2v) is 2.37. The van der Waals surface area contributed by atoms with E-state index < -0.39 is 0 Å². The molecular weight excluding hydrogens is 156 g/mol. The number of hydrogen-bond donors (Lipinski definition) is 2. The molecule has 0 amide bonds. The molecule has 0 aliphatic rings. The first-order chi connectivity index (χ1) is 5.63. The van der Waals surface area contributed by atoms with Gasteiger partial charge in [-0.05, 0) is 6.92 Å². The van der Waals surface area contributed by atoms with Gasteiger partial charge in [-0.3, -0.25) is 0 Å². The summed E-state index contributed by atoms with van der Waals surface area (Å²) in [5, 5.41) is 0. The van der Waals surface area contributed by atoms with Gasteiger partial charge in [0.05, 0.1) is 0 Å². The van der Waals surface area contributed by atoms with Crippen molar-refractivity contribution in [3.05, 3.63) is 0 Å². The maximum Gasteiger partial charge on any atom is 0.231 e. The molecule has 6 nitrogen and oxygen atoms in total. The summed E-state index contributed by atoms with van der Waals surface area (Å²) < 4.78 is 0. The normalized spacial score (nSPS) is 9.83. The third kappa shape index (κ3) is 1.71. The van der Waals surface area contributed by atoms with Crippen molar-refractivity contribution in [2.75, 3.05) is 30.0 Å². The Hall–Kier alpha value is -1.59. The summed E-state index contributed by atoms with van der Waals surface area (Å²) in [5.41, 5.74) is 10.8. The van der Waals surface area contributed by atoms with Gasteiger partial charge in [0.2, 0.25) is 17.8 Å². The maximum absolute atomic E-state index is 5.38. The summed E-state index contributed by atoms with van der Waals surface area (Å²) in [6.07, 6.45) is 0. The molecule has 0 aliphatic carbocycles. The van der Waals surface area contributed by atoms with Crippen LogP contribution in [0.15, 0.2) is 0 Å². The lowest BCUT2D eigenvalue weighted by Crippen LogP contribution is -2.20. The van der Waals surface area contributed by atoms with Gasteiger partial charge in [0.25, 0.3) is 0 Å². The van der Waals surface area contributed by atoms with Gasteiger partial charge in [0.1, 0.15) is 0 Å². The van der Waals surface area contributed by atoms with Crippen LogP contribution in [0.1, 0.15) is 6.92 Å². The molecule has 0 saturated carbocycles. The van der Waals surface area contributed by atoms with E-state index in [1.165, 1.54) is 0 Å². The van der Waals surface area contributed by atoms with Crippen LogP contribution in [0.5, 0.6) is 0 Å². The van der Waals surface area contributed by atoms with E-state index >= 15 is 0 Å². The Bertz CT molecular complexity index is 252. The summed E-state index contributed by atoms with van der Waals surface area (Å²) in [6, 6.07) is 0. The van der Waals surface area contributed by atoms with Crippen LogP contribution in [-0.2, 0) is 0 Å². The Labute approximate surface area is 70.6 Å². The number of rotatable bonds is 2. The van der Waals surface area contributed by atoms with Gasteiger partial charge in [-0.15, -0.1) is 0 Å². The molecule has 0 aromatic carbocycles. The maximum atomic E-state index is 5.38. The number of hydrogen-bond acceptors (Lipinski definition) is 6.